The lowest BCUT2D eigenvalue weighted by atomic mass is 10.1. The zero-order valence-electron chi connectivity index (χ0n) is 16.3. The lowest BCUT2D eigenvalue weighted by molar-refractivity contribution is -0.147. The molecule has 3 rings (SSSR count). The Kier molecular flexibility index (Phi) is 5.94. The molecule has 1 unspecified atom stereocenters. The number of halogens is 2. The maximum atomic E-state index is 13.9. The highest BCUT2D eigenvalue weighted by molar-refractivity contribution is 6.30. The number of phenols is 1. The minimum absolute atomic E-state index is 0.0104. The van der Waals surface area contributed by atoms with Crippen molar-refractivity contribution in [1.82, 2.24) is 4.57 Å². The number of fused-ring (bicyclic) bond motifs is 1. The fourth-order valence-corrected chi connectivity index (χ4v) is 3.33. The van der Waals surface area contributed by atoms with Crippen LogP contribution < -0.4 is 0 Å². The first-order valence-corrected chi connectivity index (χ1v) is 9.62. The number of carbonyl (C=O) groups is 2. The molecule has 0 spiro atoms. The molecule has 1 aromatic heterocycles. The molecular weight excluding hydrogens is 397 g/mol. The Morgan fingerprint density at radius 1 is 1.24 bits per heavy atom. The van der Waals surface area contributed by atoms with Crippen molar-refractivity contribution < 1.29 is 23.8 Å². The van der Waals surface area contributed by atoms with E-state index in [1.165, 1.54) is 28.8 Å². The van der Waals surface area contributed by atoms with E-state index in [1.807, 2.05) is 6.92 Å². The first-order valence-electron chi connectivity index (χ1n) is 9.25. The number of carbonyl (C=O) groups excluding carboxylic acids is 2. The maximum Gasteiger partial charge on any atom is 0.310 e. The molecule has 0 radical (unpaired) electrons. The standard InChI is InChI=1S/C22H21ClFNO4/c1-4-12(2)29-21(27)11-16-13(3)25(20-8-6-15(26)10-17(16)20)22(28)14-5-7-18(23)19(24)9-14/h5-10,12,26H,4,11H2,1-3H3. The zero-order valence-corrected chi connectivity index (χ0v) is 17.1. The third-order valence-electron chi connectivity index (χ3n) is 4.92. The SMILES string of the molecule is CCC(C)OC(=O)Cc1c(C)n(C(=O)c2ccc(Cl)c(F)c2)c2ccc(O)cc12. The van der Waals surface area contributed by atoms with Gasteiger partial charge in [-0.1, -0.05) is 18.5 Å². The fraction of sp³-hybridized carbons (Fsp3) is 0.273. The number of rotatable bonds is 5. The number of ether oxygens (including phenoxy) is 1. The van der Waals surface area contributed by atoms with Gasteiger partial charge in [-0.05, 0) is 62.2 Å². The highest BCUT2D eigenvalue weighted by Crippen LogP contribution is 2.31. The molecule has 1 atom stereocenters. The molecule has 7 heteroatoms. The molecule has 0 saturated carbocycles. The van der Waals surface area contributed by atoms with Crippen LogP contribution in [-0.4, -0.2) is 27.7 Å². The van der Waals surface area contributed by atoms with Crippen LogP contribution in [0.5, 0.6) is 5.75 Å². The van der Waals surface area contributed by atoms with E-state index in [1.54, 1.807) is 19.9 Å². The quantitative estimate of drug-likeness (QED) is 0.592. The summed E-state index contributed by atoms with van der Waals surface area (Å²) in [7, 11) is 0. The van der Waals surface area contributed by atoms with Crippen LogP contribution in [0.25, 0.3) is 10.9 Å². The second-order valence-corrected chi connectivity index (χ2v) is 7.33. The number of esters is 1. The van der Waals surface area contributed by atoms with Crippen LogP contribution in [0.15, 0.2) is 36.4 Å². The number of hydrogen-bond donors (Lipinski definition) is 1. The smallest absolute Gasteiger partial charge is 0.310 e. The fourth-order valence-electron chi connectivity index (χ4n) is 3.21. The molecule has 152 valence electrons. The van der Waals surface area contributed by atoms with Gasteiger partial charge in [-0.15, -0.1) is 0 Å². The number of aromatic hydroxyl groups is 1. The summed E-state index contributed by atoms with van der Waals surface area (Å²) < 4.78 is 20.6. The predicted molar refractivity (Wildman–Crippen MR) is 109 cm³/mol. The Hall–Kier alpha value is -2.86. The van der Waals surface area contributed by atoms with Crippen molar-refractivity contribution in [1.29, 1.82) is 0 Å². The lowest BCUT2D eigenvalue weighted by Crippen LogP contribution is -2.17. The summed E-state index contributed by atoms with van der Waals surface area (Å²) in [5, 5.41) is 10.4. The van der Waals surface area contributed by atoms with E-state index in [0.717, 1.165) is 6.07 Å². The van der Waals surface area contributed by atoms with Gasteiger partial charge in [0.1, 0.15) is 11.6 Å². The number of nitrogens with zero attached hydrogens (tertiary/aromatic N) is 1. The first kappa shape index (κ1) is 20.9. The summed E-state index contributed by atoms with van der Waals surface area (Å²) in [5.41, 5.74) is 1.72. The molecule has 0 aliphatic heterocycles. The van der Waals surface area contributed by atoms with Gasteiger partial charge in [-0.3, -0.25) is 14.2 Å². The van der Waals surface area contributed by atoms with Gasteiger partial charge < -0.3 is 9.84 Å². The molecule has 0 aliphatic carbocycles. The molecule has 5 nitrogen and oxygen atoms in total. The first-order chi connectivity index (χ1) is 13.7. The summed E-state index contributed by atoms with van der Waals surface area (Å²) in [5.74, 6) is -1.57. The van der Waals surface area contributed by atoms with E-state index in [2.05, 4.69) is 0 Å². The number of benzene rings is 2. The summed E-state index contributed by atoms with van der Waals surface area (Å²) in [6.07, 6.45) is 0.419. The largest absolute Gasteiger partial charge is 0.508 e. The van der Waals surface area contributed by atoms with E-state index >= 15 is 0 Å². The van der Waals surface area contributed by atoms with Crippen molar-refractivity contribution in [3.63, 3.8) is 0 Å². The minimum atomic E-state index is -0.693. The van der Waals surface area contributed by atoms with Gasteiger partial charge in [0.05, 0.1) is 23.1 Å². The van der Waals surface area contributed by atoms with Gasteiger partial charge in [0.2, 0.25) is 0 Å². The monoisotopic (exact) mass is 417 g/mol. The number of phenolic OH excluding ortho intramolecular Hbond substituents is 1. The molecule has 0 fully saturated rings. The van der Waals surface area contributed by atoms with Crippen molar-refractivity contribution in [2.24, 2.45) is 0 Å². The van der Waals surface area contributed by atoms with Crippen LogP contribution >= 0.6 is 11.6 Å². The summed E-state index contributed by atoms with van der Waals surface area (Å²) in [4.78, 5) is 25.5. The Morgan fingerprint density at radius 2 is 1.97 bits per heavy atom. The normalized spacial score (nSPS) is 12.2. The Bertz CT molecular complexity index is 1110. The average molecular weight is 418 g/mol. The van der Waals surface area contributed by atoms with Crippen molar-refractivity contribution in [2.75, 3.05) is 0 Å². The third-order valence-corrected chi connectivity index (χ3v) is 5.22. The van der Waals surface area contributed by atoms with Gasteiger partial charge in [0, 0.05) is 16.6 Å². The van der Waals surface area contributed by atoms with Crippen LogP contribution in [0.2, 0.25) is 5.02 Å². The lowest BCUT2D eigenvalue weighted by Gasteiger charge is -2.11. The topological polar surface area (TPSA) is 68.5 Å². The molecule has 1 heterocycles. The summed E-state index contributed by atoms with van der Waals surface area (Å²) in [6.45, 7) is 5.42. The highest BCUT2D eigenvalue weighted by Gasteiger charge is 2.23. The van der Waals surface area contributed by atoms with Gasteiger partial charge in [-0.2, -0.15) is 0 Å². The van der Waals surface area contributed by atoms with Gasteiger partial charge in [0.25, 0.3) is 5.91 Å². The maximum absolute atomic E-state index is 13.9. The van der Waals surface area contributed by atoms with Crippen LogP contribution in [0.3, 0.4) is 0 Å². The number of hydrogen-bond acceptors (Lipinski definition) is 4. The van der Waals surface area contributed by atoms with Crippen molar-refractivity contribution in [3.05, 3.63) is 64.1 Å². The average Bonchev–Trinajstić information content (AvgIpc) is 2.94. The minimum Gasteiger partial charge on any atom is -0.508 e. The van der Waals surface area contributed by atoms with Gasteiger partial charge in [0.15, 0.2) is 0 Å². The second kappa shape index (κ2) is 8.25. The molecule has 1 N–H and O–H groups in total. The Morgan fingerprint density at radius 3 is 2.62 bits per heavy atom. The van der Waals surface area contributed by atoms with Crippen LogP contribution in [-0.2, 0) is 16.0 Å². The molecule has 0 aliphatic rings. The Labute approximate surface area is 172 Å². The molecule has 3 aromatic rings. The van der Waals surface area contributed by atoms with Crippen LogP contribution in [0, 0.1) is 12.7 Å². The van der Waals surface area contributed by atoms with E-state index in [0.29, 0.717) is 28.6 Å². The van der Waals surface area contributed by atoms with Crippen LogP contribution in [0.4, 0.5) is 4.39 Å². The summed E-state index contributed by atoms with van der Waals surface area (Å²) in [6, 6.07) is 8.38. The van der Waals surface area contributed by atoms with Gasteiger partial charge in [-0.25, -0.2) is 4.39 Å². The highest BCUT2D eigenvalue weighted by atomic mass is 35.5. The number of aromatic nitrogens is 1. The molecule has 0 amide bonds. The predicted octanol–water partition coefficient (Wildman–Crippen LogP) is 5.02. The van der Waals surface area contributed by atoms with Crippen molar-refractivity contribution in [3.8, 4) is 5.75 Å². The van der Waals surface area contributed by atoms with E-state index < -0.39 is 17.7 Å². The zero-order chi connectivity index (χ0) is 21.3. The van der Waals surface area contributed by atoms with E-state index in [-0.39, 0.29) is 28.9 Å². The van der Waals surface area contributed by atoms with E-state index in [9.17, 15) is 19.1 Å². The summed E-state index contributed by atoms with van der Waals surface area (Å²) >= 11 is 5.72. The molecular formula is C22H21ClFNO4. The molecule has 0 saturated heterocycles. The Balaban J connectivity index is 2.10. The van der Waals surface area contributed by atoms with Crippen molar-refractivity contribution in [2.45, 2.75) is 39.7 Å². The molecule has 29 heavy (non-hydrogen) atoms. The molecule has 0 bridgehead atoms. The molecule has 2 aromatic carbocycles. The van der Waals surface area contributed by atoms with E-state index in [4.69, 9.17) is 16.3 Å². The van der Waals surface area contributed by atoms with Crippen LogP contribution in [0.1, 0.15) is 41.9 Å². The van der Waals surface area contributed by atoms with Crippen molar-refractivity contribution >= 4 is 34.4 Å². The third kappa shape index (κ3) is 4.12. The van der Waals surface area contributed by atoms with Gasteiger partial charge >= 0.3 is 5.97 Å². The second-order valence-electron chi connectivity index (χ2n) is 6.92.